The van der Waals surface area contributed by atoms with Crippen molar-refractivity contribution in [3.8, 4) is 17.2 Å². The van der Waals surface area contributed by atoms with E-state index in [1.165, 1.54) is 6.07 Å². The SMILES string of the molecule is COc1cc(C)ccc1OCCCOc1ccc(C)cc1[N+](=O)[O-]. The smallest absolute Gasteiger partial charge is 0.311 e. The fraction of sp³-hybridized carbons (Fsp3) is 0.333. The summed E-state index contributed by atoms with van der Waals surface area (Å²) in [7, 11) is 1.60. The van der Waals surface area contributed by atoms with E-state index in [0.29, 0.717) is 31.1 Å². The standard InChI is InChI=1S/C18H21NO5/c1-13-5-7-16(15(11-13)19(20)21)23-9-4-10-24-17-8-6-14(2)12-18(17)22-3/h5-8,11-12H,4,9-10H2,1-3H3. The normalized spacial score (nSPS) is 10.3. The lowest BCUT2D eigenvalue weighted by Gasteiger charge is -2.12. The Hall–Kier alpha value is -2.76. The number of methoxy groups -OCH3 is 1. The molecule has 0 saturated carbocycles. The van der Waals surface area contributed by atoms with Crippen LogP contribution < -0.4 is 14.2 Å². The summed E-state index contributed by atoms with van der Waals surface area (Å²) in [4.78, 5) is 10.6. The highest BCUT2D eigenvalue weighted by atomic mass is 16.6. The lowest BCUT2D eigenvalue weighted by atomic mass is 10.2. The monoisotopic (exact) mass is 331 g/mol. The molecule has 0 amide bonds. The molecule has 2 aromatic rings. The zero-order valence-electron chi connectivity index (χ0n) is 14.1. The Morgan fingerprint density at radius 2 is 1.50 bits per heavy atom. The molecule has 0 atom stereocenters. The molecule has 6 heteroatoms. The highest BCUT2D eigenvalue weighted by Gasteiger charge is 2.14. The van der Waals surface area contributed by atoms with Gasteiger partial charge in [-0.1, -0.05) is 12.1 Å². The Morgan fingerprint density at radius 1 is 0.917 bits per heavy atom. The molecule has 0 saturated heterocycles. The maximum atomic E-state index is 11.0. The first-order valence-corrected chi connectivity index (χ1v) is 7.66. The largest absolute Gasteiger partial charge is 0.493 e. The molecular weight excluding hydrogens is 310 g/mol. The van der Waals surface area contributed by atoms with Gasteiger partial charge in [-0.15, -0.1) is 0 Å². The summed E-state index contributed by atoms with van der Waals surface area (Å²) >= 11 is 0. The van der Waals surface area contributed by atoms with Crippen LogP contribution in [0.2, 0.25) is 0 Å². The van der Waals surface area contributed by atoms with E-state index < -0.39 is 4.92 Å². The molecule has 0 spiro atoms. The van der Waals surface area contributed by atoms with Crippen LogP contribution in [0.1, 0.15) is 17.5 Å². The van der Waals surface area contributed by atoms with Gasteiger partial charge in [-0.2, -0.15) is 0 Å². The van der Waals surface area contributed by atoms with Crippen molar-refractivity contribution in [3.05, 3.63) is 57.6 Å². The van der Waals surface area contributed by atoms with E-state index in [4.69, 9.17) is 14.2 Å². The Morgan fingerprint density at radius 3 is 2.12 bits per heavy atom. The number of aryl methyl sites for hydroxylation is 2. The van der Waals surface area contributed by atoms with Crippen LogP contribution in [-0.4, -0.2) is 25.2 Å². The van der Waals surface area contributed by atoms with Gasteiger partial charge in [-0.05, 0) is 43.2 Å². The summed E-state index contributed by atoms with van der Waals surface area (Å²) in [6.45, 7) is 4.55. The van der Waals surface area contributed by atoms with Crippen LogP contribution in [0.25, 0.3) is 0 Å². The molecule has 0 aliphatic heterocycles. The number of rotatable bonds is 8. The van der Waals surface area contributed by atoms with E-state index in [2.05, 4.69) is 0 Å². The predicted octanol–water partition coefficient (Wildman–Crippen LogP) is 4.07. The average molecular weight is 331 g/mol. The fourth-order valence-electron chi connectivity index (χ4n) is 2.21. The molecule has 2 aromatic carbocycles. The van der Waals surface area contributed by atoms with Gasteiger partial charge >= 0.3 is 5.69 Å². The Bertz CT molecular complexity index is 715. The van der Waals surface area contributed by atoms with Crippen molar-refractivity contribution in [2.45, 2.75) is 20.3 Å². The minimum Gasteiger partial charge on any atom is -0.493 e. The Labute approximate surface area is 141 Å². The van der Waals surface area contributed by atoms with Gasteiger partial charge < -0.3 is 14.2 Å². The van der Waals surface area contributed by atoms with Gasteiger partial charge in [-0.25, -0.2) is 0 Å². The van der Waals surface area contributed by atoms with E-state index >= 15 is 0 Å². The Balaban J connectivity index is 1.85. The number of nitrogens with zero attached hydrogens (tertiary/aromatic N) is 1. The quantitative estimate of drug-likeness (QED) is 0.414. The van der Waals surface area contributed by atoms with Gasteiger partial charge in [0.1, 0.15) is 0 Å². The van der Waals surface area contributed by atoms with Crippen molar-refractivity contribution in [2.24, 2.45) is 0 Å². The van der Waals surface area contributed by atoms with Gasteiger partial charge in [0, 0.05) is 12.5 Å². The molecular formula is C18H21NO5. The molecule has 0 unspecified atom stereocenters. The number of ether oxygens (including phenoxy) is 3. The van der Waals surface area contributed by atoms with Crippen molar-refractivity contribution in [1.82, 2.24) is 0 Å². The van der Waals surface area contributed by atoms with E-state index in [1.807, 2.05) is 25.1 Å². The van der Waals surface area contributed by atoms with Crippen LogP contribution >= 0.6 is 0 Å². The third-order valence-electron chi connectivity index (χ3n) is 3.43. The molecule has 0 radical (unpaired) electrons. The minimum atomic E-state index is -0.435. The van der Waals surface area contributed by atoms with E-state index in [-0.39, 0.29) is 11.4 Å². The summed E-state index contributed by atoms with van der Waals surface area (Å²) in [6.07, 6.45) is 0.599. The third kappa shape index (κ3) is 4.62. The molecule has 0 heterocycles. The maximum absolute atomic E-state index is 11.0. The molecule has 0 fully saturated rings. The van der Waals surface area contributed by atoms with E-state index in [9.17, 15) is 10.1 Å². The lowest BCUT2D eigenvalue weighted by Crippen LogP contribution is -2.07. The van der Waals surface area contributed by atoms with Crippen LogP contribution in [0, 0.1) is 24.0 Å². The minimum absolute atomic E-state index is 0.0175. The van der Waals surface area contributed by atoms with Crippen LogP contribution in [0.3, 0.4) is 0 Å². The number of nitro groups is 1. The summed E-state index contributed by atoms with van der Waals surface area (Å²) in [5, 5.41) is 11.0. The van der Waals surface area contributed by atoms with Crippen LogP contribution in [0.4, 0.5) is 5.69 Å². The van der Waals surface area contributed by atoms with E-state index in [1.54, 1.807) is 26.2 Å². The van der Waals surface area contributed by atoms with Crippen molar-refractivity contribution < 1.29 is 19.1 Å². The van der Waals surface area contributed by atoms with Crippen LogP contribution in [0.15, 0.2) is 36.4 Å². The van der Waals surface area contributed by atoms with E-state index in [0.717, 1.165) is 11.1 Å². The predicted molar refractivity (Wildman–Crippen MR) is 91.2 cm³/mol. The first-order chi connectivity index (χ1) is 11.5. The van der Waals surface area contributed by atoms with Crippen molar-refractivity contribution in [1.29, 1.82) is 0 Å². The third-order valence-corrected chi connectivity index (χ3v) is 3.43. The summed E-state index contributed by atoms with van der Waals surface area (Å²) in [5.74, 6) is 1.63. The molecule has 2 rings (SSSR count). The van der Waals surface area contributed by atoms with Gasteiger partial charge in [0.05, 0.1) is 25.2 Å². The molecule has 0 aliphatic carbocycles. The van der Waals surface area contributed by atoms with Gasteiger partial charge in [-0.3, -0.25) is 10.1 Å². The zero-order valence-corrected chi connectivity index (χ0v) is 14.1. The molecule has 6 nitrogen and oxygen atoms in total. The lowest BCUT2D eigenvalue weighted by molar-refractivity contribution is -0.385. The number of hydrogen-bond donors (Lipinski definition) is 0. The summed E-state index contributed by atoms with van der Waals surface area (Å²) in [5.41, 5.74) is 1.90. The second kappa shape index (κ2) is 8.19. The second-order valence-corrected chi connectivity index (χ2v) is 5.43. The van der Waals surface area contributed by atoms with Gasteiger partial charge in [0.2, 0.25) is 0 Å². The van der Waals surface area contributed by atoms with Gasteiger partial charge in [0.25, 0.3) is 0 Å². The Kier molecular flexibility index (Phi) is 6.01. The fourth-order valence-corrected chi connectivity index (χ4v) is 2.21. The first kappa shape index (κ1) is 17.6. The van der Waals surface area contributed by atoms with Crippen LogP contribution in [-0.2, 0) is 0 Å². The molecule has 0 N–H and O–H groups in total. The van der Waals surface area contributed by atoms with Crippen molar-refractivity contribution in [3.63, 3.8) is 0 Å². The highest BCUT2D eigenvalue weighted by Crippen LogP contribution is 2.29. The molecule has 0 aromatic heterocycles. The number of benzene rings is 2. The molecule has 0 bridgehead atoms. The average Bonchev–Trinajstić information content (AvgIpc) is 2.56. The zero-order chi connectivity index (χ0) is 17.5. The highest BCUT2D eigenvalue weighted by molar-refractivity contribution is 5.48. The molecule has 0 aliphatic rings. The second-order valence-electron chi connectivity index (χ2n) is 5.43. The first-order valence-electron chi connectivity index (χ1n) is 7.66. The van der Waals surface area contributed by atoms with Crippen molar-refractivity contribution >= 4 is 5.69 Å². The summed E-state index contributed by atoms with van der Waals surface area (Å²) in [6, 6.07) is 10.6. The maximum Gasteiger partial charge on any atom is 0.311 e. The molecule has 24 heavy (non-hydrogen) atoms. The van der Waals surface area contributed by atoms with Crippen molar-refractivity contribution in [2.75, 3.05) is 20.3 Å². The molecule has 128 valence electrons. The summed E-state index contributed by atoms with van der Waals surface area (Å²) < 4.78 is 16.5. The number of hydrogen-bond acceptors (Lipinski definition) is 5. The van der Waals surface area contributed by atoms with Gasteiger partial charge in [0.15, 0.2) is 17.2 Å². The topological polar surface area (TPSA) is 70.8 Å². The number of nitro benzene ring substituents is 1. The van der Waals surface area contributed by atoms with Crippen LogP contribution in [0.5, 0.6) is 17.2 Å².